The fourth-order valence-corrected chi connectivity index (χ4v) is 0.473. The molecule has 0 spiro atoms. The number of halogens is 6. The van der Waals surface area contributed by atoms with Crippen LogP contribution in [0.2, 0.25) is 0 Å². The number of rotatable bonds is 1. The van der Waals surface area contributed by atoms with Gasteiger partial charge in [0.15, 0.2) is 0 Å². The summed E-state index contributed by atoms with van der Waals surface area (Å²) in [5.74, 6) is 0. The third-order valence-corrected chi connectivity index (χ3v) is 0.922. The summed E-state index contributed by atoms with van der Waals surface area (Å²) in [4.78, 5) is 9.59. The molecule has 2 N–H and O–H groups in total. The van der Waals surface area contributed by atoms with Crippen molar-refractivity contribution < 1.29 is 36.2 Å². The van der Waals surface area contributed by atoms with E-state index in [9.17, 15) is 31.1 Å². The van der Waals surface area contributed by atoms with Crippen molar-refractivity contribution in [2.24, 2.45) is 0 Å². The quantitative estimate of drug-likeness (QED) is 0.649. The maximum atomic E-state index is 11.5. The zero-order valence-electron chi connectivity index (χ0n) is 5.70. The second-order valence-electron chi connectivity index (χ2n) is 1.97. The molecule has 9 heteroatoms. The number of nitrogens with one attached hydrogen (secondary N) is 1. The van der Waals surface area contributed by atoms with Crippen LogP contribution in [-0.2, 0) is 0 Å². The molecule has 0 unspecified atom stereocenters. The summed E-state index contributed by atoms with van der Waals surface area (Å²) in [7, 11) is 0. The van der Waals surface area contributed by atoms with Crippen molar-refractivity contribution in [3.8, 4) is 0 Å². The number of hydrogen-bond donors (Lipinski definition) is 2. The van der Waals surface area contributed by atoms with Crippen LogP contribution < -0.4 is 5.32 Å². The molecule has 0 aromatic carbocycles. The van der Waals surface area contributed by atoms with Gasteiger partial charge < -0.3 is 10.4 Å². The topological polar surface area (TPSA) is 49.3 Å². The van der Waals surface area contributed by atoms with Crippen molar-refractivity contribution in [2.75, 3.05) is 0 Å². The highest BCUT2D eigenvalue weighted by atomic mass is 19.4. The standard InChI is InChI=1S/C4H3F6NO2/c5-3(6,7)1(4(8,9)10)11-2(12)13/h1,11H,(H,12,13). The number of carboxylic acid groups (broad SMARTS) is 1. The molecule has 0 aromatic heterocycles. The number of amides is 1. The highest BCUT2D eigenvalue weighted by Crippen LogP contribution is 2.32. The van der Waals surface area contributed by atoms with Crippen molar-refractivity contribution in [3.05, 3.63) is 0 Å². The van der Waals surface area contributed by atoms with Crippen LogP contribution in [0.4, 0.5) is 31.1 Å². The van der Waals surface area contributed by atoms with E-state index in [1.807, 2.05) is 0 Å². The van der Waals surface area contributed by atoms with Crippen molar-refractivity contribution in [1.82, 2.24) is 5.32 Å². The van der Waals surface area contributed by atoms with E-state index in [1.165, 1.54) is 0 Å². The van der Waals surface area contributed by atoms with Crippen molar-refractivity contribution in [3.63, 3.8) is 0 Å². The van der Waals surface area contributed by atoms with Gasteiger partial charge in [0.25, 0.3) is 0 Å². The van der Waals surface area contributed by atoms with Gasteiger partial charge in [-0.1, -0.05) is 0 Å². The summed E-state index contributed by atoms with van der Waals surface area (Å²) < 4.78 is 69.2. The zero-order chi connectivity index (χ0) is 10.9. The van der Waals surface area contributed by atoms with Gasteiger partial charge in [-0.25, -0.2) is 4.79 Å². The van der Waals surface area contributed by atoms with E-state index in [0.29, 0.717) is 5.32 Å². The van der Waals surface area contributed by atoms with Crippen LogP contribution in [0.5, 0.6) is 0 Å². The molecule has 0 aromatic rings. The Morgan fingerprint density at radius 1 is 1.08 bits per heavy atom. The molecule has 0 aliphatic heterocycles. The Morgan fingerprint density at radius 3 is 1.46 bits per heavy atom. The first kappa shape index (κ1) is 11.8. The Morgan fingerprint density at radius 2 is 1.38 bits per heavy atom. The van der Waals surface area contributed by atoms with Gasteiger partial charge in [-0.05, 0) is 0 Å². The Labute approximate surface area is 67.3 Å². The number of hydrogen-bond acceptors (Lipinski definition) is 1. The van der Waals surface area contributed by atoms with Gasteiger partial charge >= 0.3 is 18.4 Å². The summed E-state index contributed by atoms with van der Waals surface area (Å²) in [6.07, 6.45) is -13.8. The smallest absolute Gasteiger partial charge is 0.417 e. The van der Waals surface area contributed by atoms with E-state index < -0.39 is 24.5 Å². The highest BCUT2D eigenvalue weighted by molar-refractivity contribution is 5.65. The van der Waals surface area contributed by atoms with Gasteiger partial charge in [0.1, 0.15) is 0 Å². The molecule has 13 heavy (non-hydrogen) atoms. The molecule has 3 nitrogen and oxygen atoms in total. The normalized spacial score (nSPS) is 13.2. The molecule has 78 valence electrons. The minimum Gasteiger partial charge on any atom is -0.465 e. The summed E-state index contributed by atoms with van der Waals surface area (Å²) in [5, 5.41) is 8.03. The molecular weight excluding hydrogens is 208 g/mol. The number of carbonyl (C=O) groups is 1. The van der Waals surface area contributed by atoms with Gasteiger partial charge in [-0.15, -0.1) is 0 Å². The Bertz CT molecular complexity index is 182. The van der Waals surface area contributed by atoms with Gasteiger partial charge in [-0.2, -0.15) is 26.3 Å². The molecule has 0 saturated carbocycles. The molecule has 0 aliphatic carbocycles. The van der Waals surface area contributed by atoms with Crippen LogP contribution in [0.15, 0.2) is 0 Å². The van der Waals surface area contributed by atoms with Gasteiger partial charge in [0, 0.05) is 0 Å². The summed E-state index contributed by atoms with van der Waals surface area (Å²) >= 11 is 0. The van der Waals surface area contributed by atoms with E-state index in [1.54, 1.807) is 0 Å². The Kier molecular flexibility index (Phi) is 3.01. The van der Waals surface area contributed by atoms with E-state index in [4.69, 9.17) is 5.11 Å². The maximum absolute atomic E-state index is 11.5. The second kappa shape index (κ2) is 3.30. The molecule has 0 bridgehead atoms. The minimum absolute atomic E-state index is 0.326. The third kappa shape index (κ3) is 3.85. The van der Waals surface area contributed by atoms with E-state index in [-0.39, 0.29) is 0 Å². The van der Waals surface area contributed by atoms with Crippen LogP contribution >= 0.6 is 0 Å². The lowest BCUT2D eigenvalue weighted by Gasteiger charge is -2.22. The lowest BCUT2D eigenvalue weighted by molar-refractivity contribution is -0.256. The van der Waals surface area contributed by atoms with E-state index >= 15 is 0 Å². The molecule has 1 amide bonds. The van der Waals surface area contributed by atoms with Crippen LogP contribution in [0.25, 0.3) is 0 Å². The van der Waals surface area contributed by atoms with Crippen molar-refractivity contribution in [2.45, 2.75) is 18.4 Å². The average Bonchev–Trinajstić information content (AvgIpc) is 1.77. The third-order valence-electron chi connectivity index (χ3n) is 0.922. The Balaban J connectivity index is 4.68. The highest BCUT2D eigenvalue weighted by Gasteiger charge is 2.57. The first-order chi connectivity index (χ1) is 5.55. The van der Waals surface area contributed by atoms with E-state index in [2.05, 4.69) is 0 Å². The first-order valence-corrected chi connectivity index (χ1v) is 2.68. The predicted octanol–water partition coefficient (Wildman–Crippen LogP) is 1.75. The van der Waals surface area contributed by atoms with Crippen LogP contribution in [0.1, 0.15) is 0 Å². The van der Waals surface area contributed by atoms with Crippen LogP contribution in [0.3, 0.4) is 0 Å². The molecule has 0 atom stereocenters. The van der Waals surface area contributed by atoms with Crippen molar-refractivity contribution >= 4 is 6.09 Å². The molecule has 0 fully saturated rings. The molecule has 0 aliphatic rings. The summed E-state index contributed by atoms with van der Waals surface area (Å²) in [6.45, 7) is 0. The SMILES string of the molecule is O=C(O)NC(C(F)(F)F)C(F)(F)F. The summed E-state index contributed by atoms with van der Waals surface area (Å²) in [6, 6.07) is -4.04. The fraction of sp³-hybridized carbons (Fsp3) is 0.750. The fourth-order valence-electron chi connectivity index (χ4n) is 0.473. The molecule has 0 heterocycles. The maximum Gasteiger partial charge on any atom is 0.417 e. The predicted molar refractivity (Wildman–Crippen MR) is 27.1 cm³/mol. The van der Waals surface area contributed by atoms with Crippen LogP contribution in [0, 0.1) is 0 Å². The monoisotopic (exact) mass is 211 g/mol. The molecular formula is C4H3F6NO2. The largest absolute Gasteiger partial charge is 0.465 e. The van der Waals surface area contributed by atoms with Crippen molar-refractivity contribution in [1.29, 1.82) is 0 Å². The zero-order valence-corrected chi connectivity index (χ0v) is 5.70. The van der Waals surface area contributed by atoms with Gasteiger partial charge in [-0.3, -0.25) is 0 Å². The average molecular weight is 211 g/mol. The summed E-state index contributed by atoms with van der Waals surface area (Å²) in [5.41, 5.74) is 0. The molecule has 0 radical (unpaired) electrons. The lowest BCUT2D eigenvalue weighted by Crippen LogP contribution is -2.54. The number of alkyl halides is 6. The first-order valence-electron chi connectivity index (χ1n) is 2.68. The van der Waals surface area contributed by atoms with E-state index in [0.717, 1.165) is 0 Å². The molecule has 0 rings (SSSR count). The lowest BCUT2D eigenvalue weighted by atomic mass is 10.3. The van der Waals surface area contributed by atoms with Crippen LogP contribution in [-0.4, -0.2) is 29.6 Å². The second-order valence-corrected chi connectivity index (χ2v) is 1.97. The van der Waals surface area contributed by atoms with Gasteiger partial charge in [0.05, 0.1) is 0 Å². The van der Waals surface area contributed by atoms with Gasteiger partial charge in [0.2, 0.25) is 6.04 Å². The Hall–Kier alpha value is -1.15. The molecule has 0 saturated heterocycles. The minimum atomic E-state index is -5.68.